The summed E-state index contributed by atoms with van der Waals surface area (Å²) in [6.45, 7) is 0. The van der Waals surface area contributed by atoms with Crippen molar-refractivity contribution < 1.29 is 0 Å². The Balaban J connectivity index is 0.000000132. The molecule has 0 nitrogen and oxygen atoms in total. The first-order valence-corrected chi connectivity index (χ1v) is 24.6. The van der Waals surface area contributed by atoms with E-state index < -0.39 is 0 Å². The summed E-state index contributed by atoms with van der Waals surface area (Å²) in [5.74, 6) is 0. The lowest BCUT2D eigenvalue weighted by Gasteiger charge is -2.17. The van der Waals surface area contributed by atoms with Gasteiger partial charge in [-0.2, -0.15) is 0 Å². The highest BCUT2D eigenvalue weighted by molar-refractivity contribution is 9.11. The van der Waals surface area contributed by atoms with Crippen LogP contribution in [0.15, 0.2) is 191 Å². The predicted molar refractivity (Wildman–Crippen MR) is 297 cm³/mol. The van der Waals surface area contributed by atoms with Crippen LogP contribution in [0.2, 0.25) is 20.1 Å². The Hall–Kier alpha value is -5.68. The average Bonchev–Trinajstić information content (AvgIpc) is 3.81. The molecule has 14 aromatic rings. The number of hydrogen-bond acceptors (Lipinski definition) is 0. The Morgan fingerprint density at radius 1 is 0.212 bits per heavy atom. The van der Waals surface area contributed by atoms with Gasteiger partial charge in [0.25, 0.3) is 0 Å². The Kier molecular flexibility index (Phi) is 9.49. The third-order valence-electron chi connectivity index (χ3n) is 13.6. The maximum absolute atomic E-state index is 6.38. The second kappa shape index (κ2) is 15.4. The van der Waals surface area contributed by atoms with E-state index in [4.69, 9.17) is 46.4 Å². The number of fused-ring (bicyclic) bond motifs is 14. The number of hydrogen-bond donors (Lipinski definition) is 0. The summed E-state index contributed by atoms with van der Waals surface area (Å²) < 4.78 is 1.96. The summed E-state index contributed by atoms with van der Waals surface area (Å²) >= 11 is 32.7. The van der Waals surface area contributed by atoms with Gasteiger partial charge in [-0.3, -0.25) is 0 Å². The highest BCUT2D eigenvalue weighted by Gasteiger charge is 2.20. The van der Waals surface area contributed by atoms with Crippen LogP contribution in [0.5, 0.6) is 0 Å². The van der Waals surface area contributed by atoms with Gasteiger partial charge in [-0.05, 0) is 203 Å². The van der Waals surface area contributed by atoms with Gasteiger partial charge in [0.1, 0.15) is 0 Å². The standard InChI is InChI=1S/C30H16Br2Cl2.C30H14Cl2/c31-29-13-17(33)9-11-23(29)25-15-28-22-8-4-2-6-20(22)26(24-12-10-18(34)14-30(24)32)16-27(28)21-7-3-1-5-19(21)25;31-15-7-9-17-23(11-15)19-3-1-5-21-25-13-28-18-10-8-16(32)12-24(18)20-4-2-6-22(30(20)28)26(25)14-27(17)29(19)21/h1-16H;1-14H. The Labute approximate surface area is 415 Å². The zero-order chi connectivity index (χ0) is 44.5. The SMILES string of the molecule is Clc1ccc(-c2cc3c4ccccc4c(-c4ccc(Cl)cc4Br)cc3c3ccccc23)c(Br)c1.Clc1ccc2c(c1)c1cccc3c4cc5c6ccc(Cl)cc6c6cccc(c4cc2c13)c65. The van der Waals surface area contributed by atoms with Gasteiger partial charge < -0.3 is 0 Å². The lowest BCUT2D eigenvalue weighted by molar-refractivity contribution is 1.61. The van der Waals surface area contributed by atoms with Crippen molar-refractivity contribution in [2.45, 2.75) is 0 Å². The van der Waals surface area contributed by atoms with Crippen LogP contribution in [0, 0.1) is 0 Å². The molecule has 0 radical (unpaired) electrons. The molecule has 0 bridgehead atoms. The largest absolute Gasteiger partial charge is 0.0843 e. The fourth-order valence-electron chi connectivity index (χ4n) is 10.8. The summed E-state index contributed by atoms with van der Waals surface area (Å²) in [4.78, 5) is 0. The molecule has 14 rings (SSSR count). The normalized spacial score (nSPS) is 12.1. The van der Waals surface area contributed by atoms with Crippen LogP contribution in [0.4, 0.5) is 0 Å². The molecule has 0 fully saturated rings. The van der Waals surface area contributed by atoms with E-state index >= 15 is 0 Å². The number of halogens is 6. The Morgan fingerprint density at radius 2 is 0.515 bits per heavy atom. The molecule has 0 aliphatic heterocycles. The minimum Gasteiger partial charge on any atom is -0.0843 e. The summed E-state index contributed by atoms with van der Waals surface area (Å²) in [5.41, 5.74) is 4.60. The second-order valence-corrected chi connectivity index (χ2v) is 20.5. The minimum atomic E-state index is 0.712. The van der Waals surface area contributed by atoms with Gasteiger partial charge in [-0.15, -0.1) is 0 Å². The highest BCUT2D eigenvalue weighted by atomic mass is 79.9. The maximum Gasteiger partial charge on any atom is 0.0417 e. The summed E-state index contributed by atoms with van der Waals surface area (Å²) in [5, 5.41) is 28.2. The van der Waals surface area contributed by atoms with Crippen molar-refractivity contribution in [3.05, 3.63) is 211 Å². The molecule has 0 aromatic heterocycles. The molecular weight excluding hydrogens is 1020 g/mol. The van der Waals surface area contributed by atoms with Crippen LogP contribution in [0.1, 0.15) is 0 Å². The van der Waals surface area contributed by atoms with E-state index in [-0.39, 0.29) is 0 Å². The first-order chi connectivity index (χ1) is 32.2. The van der Waals surface area contributed by atoms with E-state index in [1.807, 2.05) is 36.4 Å². The Morgan fingerprint density at radius 3 is 0.909 bits per heavy atom. The van der Waals surface area contributed by atoms with Gasteiger partial charge in [-0.25, -0.2) is 0 Å². The highest BCUT2D eigenvalue weighted by Crippen LogP contribution is 2.49. The van der Waals surface area contributed by atoms with Crippen LogP contribution < -0.4 is 0 Å². The topological polar surface area (TPSA) is 0 Å². The van der Waals surface area contributed by atoms with Gasteiger partial charge in [-0.1, -0.05) is 187 Å². The van der Waals surface area contributed by atoms with Crippen LogP contribution >= 0.6 is 78.3 Å². The quantitative estimate of drug-likeness (QED) is 0.151. The van der Waals surface area contributed by atoms with E-state index in [1.165, 1.54) is 119 Å². The molecule has 0 atom stereocenters. The Bertz CT molecular complexity index is 4090. The first-order valence-electron chi connectivity index (χ1n) is 21.5. The zero-order valence-electron chi connectivity index (χ0n) is 34.6. The van der Waals surface area contributed by atoms with Crippen LogP contribution in [-0.4, -0.2) is 0 Å². The predicted octanol–water partition coefficient (Wildman–Crippen LogP) is 21.3. The molecule has 0 N–H and O–H groups in total. The molecule has 0 unspecified atom stereocenters. The maximum atomic E-state index is 6.38. The second-order valence-electron chi connectivity index (χ2n) is 17.1. The third-order valence-corrected chi connectivity index (χ3v) is 15.8. The number of rotatable bonds is 2. The number of benzene rings is 12. The van der Waals surface area contributed by atoms with Crippen molar-refractivity contribution in [3.8, 4) is 22.3 Å². The van der Waals surface area contributed by atoms with Gasteiger partial charge in [0.05, 0.1) is 0 Å². The molecule has 312 valence electrons. The molecule has 0 saturated carbocycles. The summed E-state index contributed by atoms with van der Waals surface area (Å²) in [6, 6.07) is 64.4. The monoisotopic (exact) mass is 1050 g/mol. The van der Waals surface area contributed by atoms with E-state index in [2.05, 4.69) is 177 Å². The van der Waals surface area contributed by atoms with Crippen molar-refractivity contribution in [2.75, 3.05) is 0 Å². The smallest absolute Gasteiger partial charge is 0.0417 e. The average molecular weight is 1050 g/mol. The van der Waals surface area contributed by atoms with Gasteiger partial charge >= 0.3 is 0 Å². The van der Waals surface area contributed by atoms with E-state index in [0.29, 0.717) is 10.0 Å². The molecule has 0 aliphatic rings. The van der Waals surface area contributed by atoms with Crippen LogP contribution in [-0.2, 0) is 0 Å². The third kappa shape index (κ3) is 6.16. The molecule has 0 heterocycles. The van der Waals surface area contributed by atoms with Gasteiger partial charge in [0.2, 0.25) is 0 Å². The zero-order valence-corrected chi connectivity index (χ0v) is 40.8. The fraction of sp³-hybridized carbons (Fsp3) is 0. The van der Waals surface area contributed by atoms with Crippen molar-refractivity contribution in [1.29, 1.82) is 0 Å². The summed E-state index contributed by atoms with van der Waals surface area (Å²) in [6.07, 6.45) is 0. The van der Waals surface area contributed by atoms with Crippen LogP contribution in [0.3, 0.4) is 0 Å². The molecule has 14 aromatic carbocycles. The van der Waals surface area contributed by atoms with Gasteiger partial charge in [0, 0.05) is 29.0 Å². The van der Waals surface area contributed by atoms with E-state index in [9.17, 15) is 0 Å². The molecule has 0 saturated heterocycles. The van der Waals surface area contributed by atoms with Crippen molar-refractivity contribution in [3.63, 3.8) is 0 Å². The molecule has 66 heavy (non-hydrogen) atoms. The van der Waals surface area contributed by atoms with Crippen molar-refractivity contribution in [1.82, 2.24) is 0 Å². The molecular formula is C60H30Br2Cl4. The van der Waals surface area contributed by atoms with E-state index in [0.717, 1.165) is 30.1 Å². The summed E-state index contributed by atoms with van der Waals surface area (Å²) in [7, 11) is 0. The molecule has 6 heteroatoms. The minimum absolute atomic E-state index is 0.712. The molecule has 0 spiro atoms. The van der Waals surface area contributed by atoms with Crippen LogP contribution in [0.25, 0.3) is 130 Å². The van der Waals surface area contributed by atoms with E-state index in [1.54, 1.807) is 0 Å². The fourth-order valence-corrected chi connectivity index (χ4v) is 12.9. The van der Waals surface area contributed by atoms with Crippen molar-refractivity contribution >= 4 is 186 Å². The van der Waals surface area contributed by atoms with Gasteiger partial charge in [0.15, 0.2) is 0 Å². The first kappa shape index (κ1) is 40.6. The molecule has 0 amide bonds. The lowest BCUT2D eigenvalue weighted by atomic mass is 9.88. The molecule has 0 aliphatic carbocycles. The lowest BCUT2D eigenvalue weighted by Crippen LogP contribution is -1.90. The van der Waals surface area contributed by atoms with Crippen molar-refractivity contribution in [2.24, 2.45) is 0 Å².